The summed E-state index contributed by atoms with van der Waals surface area (Å²) in [5.74, 6) is -0.949. The molecule has 0 heterocycles. The van der Waals surface area contributed by atoms with Crippen molar-refractivity contribution in [2.45, 2.75) is 26.0 Å². The third kappa shape index (κ3) is 7.39. The number of rotatable bonds is 8. The molecule has 33 heavy (non-hydrogen) atoms. The number of carbonyl (C=O) groups is 2. The molecular formula is C25H26N4O4. The number of ether oxygens (including phenoxy) is 1. The fourth-order valence-electron chi connectivity index (χ4n) is 3.14. The molecule has 0 fully saturated rings. The predicted molar refractivity (Wildman–Crippen MR) is 126 cm³/mol. The highest BCUT2D eigenvalue weighted by Gasteiger charge is 2.12. The Morgan fingerprint density at radius 1 is 0.939 bits per heavy atom. The van der Waals surface area contributed by atoms with E-state index in [-0.39, 0.29) is 12.4 Å². The van der Waals surface area contributed by atoms with Crippen LogP contribution in [0, 0.1) is 0 Å². The molecule has 0 saturated carbocycles. The Bertz CT molecular complexity index is 1100. The van der Waals surface area contributed by atoms with Crippen LogP contribution in [-0.2, 0) is 22.5 Å². The van der Waals surface area contributed by atoms with E-state index in [9.17, 15) is 9.59 Å². The van der Waals surface area contributed by atoms with E-state index in [4.69, 9.17) is 15.6 Å². The van der Waals surface area contributed by atoms with Crippen molar-refractivity contribution in [2.24, 2.45) is 10.8 Å². The first-order chi connectivity index (χ1) is 15.9. The van der Waals surface area contributed by atoms with E-state index in [2.05, 4.69) is 15.8 Å². The average molecular weight is 447 g/mol. The standard InChI is InChI=1S/C25H26N4O4/c1-17(20-5-3-2-4-6-20)33-25(32)28-24(26)29-27-16-19-9-13-22(14-10-19)21-11-7-18(8-12-21)15-23(30)31/h2-14,17,27H,15-16H2,1H3,(H,30,31)(H3,26,28,29,32). The van der Waals surface area contributed by atoms with Gasteiger partial charge < -0.3 is 21.0 Å². The first-order valence-electron chi connectivity index (χ1n) is 10.4. The number of carboxylic acid groups (broad SMARTS) is 1. The lowest BCUT2D eigenvalue weighted by Crippen LogP contribution is -2.38. The van der Waals surface area contributed by atoms with Crippen molar-refractivity contribution in [1.29, 1.82) is 0 Å². The molecule has 0 aliphatic carbocycles. The van der Waals surface area contributed by atoms with Gasteiger partial charge in [0.15, 0.2) is 0 Å². The van der Waals surface area contributed by atoms with Crippen LogP contribution in [0.3, 0.4) is 0 Å². The van der Waals surface area contributed by atoms with E-state index in [0.29, 0.717) is 6.54 Å². The van der Waals surface area contributed by atoms with Gasteiger partial charge in [-0.15, -0.1) is 5.10 Å². The fourth-order valence-corrected chi connectivity index (χ4v) is 3.14. The van der Waals surface area contributed by atoms with Crippen LogP contribution in [0.15, 0.2) is 84.0 Å². The maximum absolute atomic E-state index is 12.0. The molecule has 0 aliphatic rings. The first-order valence-corrected chi connectivity index (χ1v) is 10.4. The number of carboxylic acids is 1. The smallest absolute Gasteiger partial charge is 0.414 e. The Morgan fingerprint density at radius 2 is 1.52 bits per heavy atom. The number of hydrazone groups is 1. The fraction of sp³-hybridized carbons (Fsp3) is 0.160. The zero-order chi connectivity index (χ0) is 23.6. The molecule has 1 amide bonds. The number of nitrogens with zero attached hydrogens (tertiary/aromatic N) is 1. The summed E-state index contributed by atoms with van der Waals surface area (Å²) in [5, 5.41) is 15.2. The summed E-state index contributed by atoms with van der Waals surface area (Å²) in [5.41, 5.74) is 13.2. The molecule has 0 aliphatic heterocycles. The number of benzene rings is 3. The van der Waals surface area contributed by atoms with Gasteiger partial charge in [-0.2, -0.15) is 0 Å². The van der Waals surface area contributed by atoms with Crippen LogP contribution < -0.4 is 16.5 Å². The molecular weight excluding hydrogens is 420 g/mol. The zero-order valence-electron chi connectivity index (χ0n) is 18.2. The van der Waals surface area contributed by atoms with Crippen LogP contribution >= 0.6 is 0 Å². The van der Waals surface area contributed by atoms with Crippen molar-refractivity contribution in [1.82, 2.24) is 10.7 Å². The van der Waals surface area contributed by atoms with E-state index < -0.39 is 18.2 Å². The molecule has 1 atom stereocenters. The monoisotopic (exact) mass is 446 g/mol. The number of nitrogens with two attached hydrogens (primary N) is 1. The topological polar surface area (TPSA) is 126 Å². The lowest BCUT2D eigenvalue weighted by atomic mass is 10.0. The lowest BCUT2D eigenvalue weighted by molar-refractivity contribution is -0.136. The number of carbonyl (C=O) groups excluding carboxylic acids is 1. The summed E-state index contributed by atoms with van der Waals surface area (Å²) in [7, 11) is 0. The zero-order valence-corrected chi connectivity index (χ0v) is 18.2. The van der Waals surface area contributed by atoms with Crippen molar-refractivity contribution < 1.29 is 19.4 Å². The molecule has 0 aromatic heterocycles. The molecule has 3 rings (SSSR count). The van der Waals surface area contributed by atoms with Gasteiger partial charge in [-0.3, -0.25) is 10.1 Å². The van der Waals surface area contributed by atoms with Crippen molar-refractivity contribution in [3.05, 3.63) is 95.6 Å². The predicted octanol–water partition coefficient (Wildman–Crippen LogP) is 3.79. The Kier molecular flexibility index (Phi) is 8.02. The lowest BCUT2D eigenvalue weighted by Gasteiger charge is -2.13. The molecule has 0 bridgehead atoms. The summed E-state index contributed by atoms with van der Waals surface area (Å²) in [6, 6.07) is 24.6. The van der Waals surface area contributed by atoms with E-state index in [1.54, 1.807) is 6.92 Å². The highest BCUT2D eigenvalue weighted by atomic mass is 16.6. The largest absolute Gasteiger partial charge is 0.481 e. The number of nitrogens with one attached hydrogen (secondary N) is 2. The van der Waals surface area contributed by atoms with Gasteiger partial charge >= 0.3 is 12.1 Å². The van der Waals surface area contributed by atoms with E-state index in [1.807, 2.05) is 78.9 Å². The third-order valence-electron chi connectivity index (χ3n) is 4.86. The number of amides is 1. The third-order valence-corrected chi connectivity index (χ3v) is 4.86. The minimum Gasteiger partial charge on any atom is -0.481 e. The highest BCUT2D eigenvalue weighted by Crippen LogP contribution is 2.21. The molecule has 8 nitrogen and oxygen atoms in total. The quantitative estimate of drug-likeness (QED) is 0.237. The second kappa shape index (κ2) is 11.3. The van der Waals surface area contributed by atoms with Gasteiger partial charge in [0.05, 0.1) is 13.0 Å². The molecule has 0 spiro atoms. The molecule has 5 N–H and O–H groups in total. The van der Waals surface area contributed by atoms with Gasteiger partial charge in [0.1, 0.15) is 6.10 Å². The highest BCUT2D eigenvalue weighted by molar-refractivity contribution is 5.92. The van der Waals surface area contributed by atoms with Gasteiger partial charge in [0.2, 0.25) is 5.96 Å². The number of aliphatic carboxylic acids is 1. The SMILES string of the molecule is CC(OC(=O)N/C(N)=N/NCc1ccc(-c2ccc(CC(=O)O)cc2)cc1)c1ccccc1. The van der Waals surface area contributed by atoms with Crippen molar-refractivity contribution >= 4 is 18.0 Å². The Balaban J connectivity index is 1.46. The number of alkyl carbamates (subject to hydrolysis) is 1. The summed E-state index contributed by atoms with van der Waals surface area (Å²) < 4.78 is 5.29. The number of hydrogen-bond acceptors (Lipinski definition) is 5. The van der Waals surface area contributed by atoms with Gasteiger partial charge in [-0.25, -0.2) is 4.79 Å². The number of guanidine groups is 1. The normalized spacial score (nSPS) is 12.0. The summed E-state index contributed by atoms with van der Waals surface area (Å²) >= 11 is 0. The van der Waals surface area contributed by atoms with Crippen LogP contribution in [0.1, 0.15) is 29.7 Å². The molecule has 0 radical (unpaired) electrons. The Labute approximate surface area is 192 Å². The van der Waals surface area contributed by atoms with Gasteiger partial charge in [0, 0.05) is 0 Å². The Hall–Kier alpha value is -4.33. The number of hydrogen-bond donors (Lipinski definition) is 4. The minimum atomic E-state index is -0.850. The summed E-state index contributed by atoms with van der Waals surface area (Å²) in [4.78, 5) is 22.8. The van der Waals surface area contributed by atoms with E-state index >= 15 is 0 Å². The maximum atomic E-state index is 12.0. The van der Waals surface area contributed by atoms with E-state index in [1.165, 1.54) is 0 Å². The average Bonchev–Trinajstić information content (AvgIpc) is 2.80. The summed E-state index contributed by atoms with van der Waals surface area (Å²) in [6.45, 7) is 2.18. The molecule has 3 aromatic rings. The molecule has 1 unspecified atom stereocenters. The molecule has 8 heteroatoms. The van der Waals surface area contributed by atoms with Crippen LogP contribution in [0.25, 0.3) is 11.1 Å². The van der Waals surface area contributed by atoms with Crippen LogP contribution in [0.2, 0.25) is 0 Å². The molecule has 3 aromatic carbocycles. The molecule has 0 saturated heterocycles. The second-order valence-corrected chi connectivity index (χ2v) is 7.38. The van der Waals surface area contributed by atoms with E-state index in [0.717, 1.165) is 27.8 Å². The van der Waals surface area contributed by atoms with Crippen molar-refractivity contribution in [3.63, 3.8) is 0 Å². The maximum Gasteiger partial charge on any atom is 0.414 e. The van der Waals surface area contributed by atoms with Crippen LogP contribution in [0.5, 0.6) is 0 Å². The van der Waals surface area contributed by atoms with Gasteiger partial charge in [-0.05, 0) is 34.7 Å². The van der Waals surface area contributed by atoms with Crippen molar-refractivity contribution in [2.75, 3.05) is 0 Å². The van der Waals surface area contributed by atoms with Gasteiger partial charge in [-0.1, -0.05) is 78.9 Å². The summed E-state index contributed by atoms with van der Waals surface area (Å²) in [6.07, 6.45) is -1.10. The van der Waals surface area contributed by atoms with Crippen molar-refractivity contribution in [3.8, 4) is 11.1 Å². The Morgan fingerprint density at radius 3 is 2.09 bits per heavy atom. The molecule has 170 valence electrons. The van der Waals surface area contributed by atoms with Crippen LogP contribution in [-0.4, -0.2) is 23.1 Å². The van der Waals surface area contributed by atoms with Crippen LogP contribution in [0.4, 0.5) is 4.79 Å². The first kappa shape index (κ1) is 23.3. The minimum absolute atomic E-state index is 0.00711. The van der Waals surface area contributed by atoms with Gasteiger partial charge in [0.25, 0.3) is 0 Å². The second-order valence-electron chi connectivity index (χ2n) is 7.38.